The largest absolute Gasteiger partial charge is 0.342 e. The lowest BCUT2D eigenvalue weighted by Gasteiger charge is -2.45. The van der Waals surface area contributed by atoms with Crippen molar-refractivity contribution in [3.8, 4) is 0 Å². The molecule has 1 aliphatic heterocycles. The zero-order valence-corrected chi connectivity index (χ0v) is 15.2. The fourth-order valence-electron chi connectivity index (χ4n) is 2.86. The van der Waals surface area contributed by atoms with Crippen molar-refractivity contribution in [1.82, 2.24) is 10.2 Å². The van der Waals surface area contributed by atoms with Crippen molar-refractivity contribution >= 4 is 23.6 Å². The lowest BCUT2D eigenvalue weighted by atomic mass is 9.82. The van der Waals surface area contributed by atoms with Gasteiger partial charge in [-0.25, -0.2) is 0 Å². The van der Waals surface area contributed by atoms with E-state index in [0.717, 1.165) is 5.75 Å². The Morgan fingerprint density at radius 3 is 2.24 bits per heavy atom. The van der Waals surface area contributed by atoms with E-state index in [2.05, 4.69) is 18.5 Å². The highest BCUT2D eigenvalue weighted by Gasteiger charge is 2.46. The lowest BCUT2D eigenvalue weighted by Crippen LogP contribution is -2.68. The molecule has 3 atom stereocenters. The normalized spacial score (nSPS) is 25.2. The van der Waals surface area contributed by atoms with Gasteiger partial charge in [-0.3, -0.25) is 9.59 Å². The van der Waals surface area contributed by atoms with Gasteiger partial charge < -0.3 is 10.2 Å². The molecule has 2 amide bonds. The molecular weight excluding hydrogens is 284 g/mol. The highest BCUT2D eigenvalue weighted by atomic mass is 32.2. The molecule has 3 unspecified atom stereocenters. The molecule has 1 rings (SSSR count). The molecule has 122 valence electrons. The summed E-state index contributed by atoms with van der Waals surface area (Å²) >= 11 is 1.78. The molecule has 0 bridgehead atoms. The topological polar surface area (TPSA) is 49.4 Å². The van der Waals surface area contributed by atoms with Gasteiger partial charge in [-0.05, 0) is 29.3 Å². The molecule has 1 saturated heterocycles. The van der Waals surface area contributed by atoms with Crippen LogP contribution in [0.25, 0.3) is 0 Å². The van der Waals surface area contributed by atoms with Gasteiger partial charge in [0.2, 0.25) is 11.8 Å². The maximum absolute atomic E-state index is 12.9. The van der Waals surface area contributed by atoms with Crippen molar-refractivity contribution in [1.29, 1.82) is 0 Å². The molecule has 1 aliphatic rings. The average molecular weight is 314 g/mol. The van der Waals surface area contributed by atoms with Crippen LogP contribution in [0, 0.1) is 17.3 Å². The summed E-state index contributed by atoms with van der Waals surface area (Å²) in [5, 5.41) is 2.94. The first-order valence-corrected chi connectivity index (χ1v) is 9.08. The molecule has 0 aromatic carbocycles. The fourth-order valence-corrected chi connectivity index (χ4v) is 3.53. The maximum atomic E-state index is 12.9. The highest BCUT2D eigenvalue weighted by molar-refractivity contribution is 7.98. The Bertz CT molecular complexity index is 390. The summed E-state index contributed by atoms with van der Waals surface area (Å²) in [7, 11) is 0. The van der Waals surface area contributed by atoms with Gasteiger partial charge in [0, 0.05) is 6.54 Å². The molecule has 5 heteroatoms. The molecule has 1 heterocycles. The first-order chi connectivity index (χ1) is 9.59. The molecular formula is C16H30N2O2S. The number of carbonyl (C=O) groups excluding carboxylic acids is 2. The van der Waals surface area contributed by atoms with Crippen molar-refractivity contribution < 1.29 is 9.59 Å². The van der Waals surface area contributed by atoms with E-state index in [0.29, 0.717) is 12.5 Å². The molecule has 0 spiro atoms. The number of thioether (sulfide) groups is 1. The zero-order valence-electron chi connectivity index (χ0n) is 14.4. The quantitative estimate of drug-likeness (QED) is 0.847. The lowest BCUT2D eigenvalue weighted by molar-refractivity contribution is -0.154. The van der Waals surface area contributed by atoms with Crippen molar-refractivity contribution in [3.63, 3.8) is 0 Å². The second kappa shape index (κ2) is 7.03. The summed E-state index contributed by atoms with van der Waals surface area (Å²) in [5.74, 6) is 1.55. The summed E-state index contributed by atoms with van der Waals surface area (Å²) in [4.78, 5) is 27.2. The van der Waals surface area contributed by atoms with Crippen LogP contribution >= 0.6 is 11.8 Å². The van der Waals surface area contributed by atoms with Crippen molar-refractivity contribution in [2.24, 2.45) is 17.3 Å². The highest BCUT2D eigenvalue weighted by Crippen LogP contribution is 2.28. The molecule has 0 aromatic rings. The molecule has 1 N–H and O–H groups in total. The number of nitrogens with zero attached hydrogens (tertiary/aromatic N) is 1. The average Bonchev–Trinajstić information content (AvgIpc) is 2.31. The number of rotatable bonds is 5. The van der Waals surface area contributed by atoms with Gasteiger partial charge in [0.25, 0.3) is 0 Å². The molecule has 1 fully saturated rings. The van der Waals surface area contributed by atoms with E-state index in [9.17, 15) is 9.59 Å². The minimum Gasteiger partial charge on any atom is -0.342 e. The third-order valence-corrected chi connectivity index (χ3v) is 4.78. The molecule has 21 heavy (non-hydrogen) atoms. The number of nitrogens with one attached hydrogen (secondary N) is 1. The second-order valence-electron chi connectivity index (χ2n) is 7.55. The summed E-state index contributed by atoms with van der Waals surface area (Å²) < 4.78 is 0. The zero-order chi connectivity index (χ0) is 16.4. The van der Waals surface area contributed by atoms with E-state index in [4.69, 9.17) is 0 Å². The minimum atomic E-state index is -0.429. The van der Waals surface area contributed by atoms with Crippen LogP contribution in [-0.2, 0) is 9.59 Å². The Morgan fingerprint density at radius 2 is 1.81 bits per heavy atom. The molecule has 4 nitrogen and oxygen atoms in total. The molecule has 0 aromatic heterocycles. The van der Waals surface area contributed by atoms with Gasteiger partial charge in [0.1, 0.15) is 12.1 Å². The smallest absolute Gasteiger partial charge is 0.246 e. The first-order valence-electron chi connectivity index (χ1n) is 7.69. The van der Waals surface area contributed by atoms with E-state index in [1.54, 1.807) is 11.8 Å². The van der Waals surface area contributed by atoms with Gasteiger partial charge in [-0.1, -0.05) is 41.5 Å². The van der Waals surface area contributed by atoms with Crippen molar-refractivity contribution in [3.05, 3.63) is 0 Å². The molecule has 0 radical (unpaired) electrons. The van der Waals surface area contributed by atoms with E-state index in [1.807, 2.05) is 39.5 Å². The maximum Gasteiger partial charge on any atom is 0.246 e. The third-order valence-electron chi connectivity index (χ3n) is 3.88. The summed E-state index contributed by atoms with van der Waals surface area (Å²) in [6.07, 6.45) is 2.07. The van der Waals surface area contributed by atoms with Gasteiger partial charge in [0.15, 0.2) is 0 Å². The Hall–Kier alpha value is -0.710. The van der Waals surface area contributed by atoms with Crippen LogP contribution in [-0.4, -0.2) is 47.4 Å². The Morgan fingerprint density at radius 1 is 1.24 bits per heavy atom. The van der Waals surface area contributed by atoms with Gasteiger partial charge in [-0.2, -0.15) is 11.8 Å². The van der Waals surface area contributed by atoms with Gasteiger partial charge in [0.05, 0.1) is 0 Å². The fraction of sp³-hybridized carbons (Fsp3) is 0.875. The Labute approximate surface area is 133 Å². The number of hydrogen-bond acceptors (Lipinski definition) is 3. The Balaban J connectivity index is 3.03. The second-order valence-corrected chi connectivity index (χ2v) is 8.46. The monoisotopic (exact) mass is 314 g/mol. The van der Waals surface area contributed by atoms with Gasteiger partial charge >= 0.3 is 0 Å². The van der Waals surface area contributed by atoms with Crippen LogP contribution in [0.4, 0.5) is 0 Å². The van der Waals surface area contributed by atoms with Crippen LogP contribution in [0.3, 0.4) is 0 Å². The number of amides is 2. The molecule has 0 aliphatic carbocycles. The van der Waals surface area contributed by atoms with E-state index in [1.165, 1.54) is 0 Å². The van der Waals surface area contributed by atoms with Crippen LogP contribution in [0.1, 0.15) is 41.5 Å². The van der Waals surface area contributed by atoms with Crippen LogP contribution in [0.5, 0.6) is 0 Å². The van der Waals surface area contributed by atoms with Crippen LogP contribution < -0.4 is 5.32 Å². The number of carbonyl (C=O) groups is 2. The van der Waals surface area contributed by atoms with Crippen molar-refractivity contribution in [2.45, 2.75) is 53.6 Å². The molecule has 0 saturated carbocycles. The summed E-state index contributed by atoms with van der Waals surface area (Å²) in [6, 6.07) is -0.776. The van der Waals surface area contributed by atoms with E-state index in [-0.39, 0.29) is 29.2 Å². The third kappa shape index (κ3) is 4.38. The predicted octanol–water partition coefficient (Wildman–Crippen LogP) is 2.38. The number of hydrogen-bond donors (Lipinski definition) is 1. The van der Waals surface area contributed by atoms with E-state index >= 15 is 0 Å². The SMILES string of the molecule is CSCC(C)CN1C(=O)C(C(C)(C)C)NC(=O)C1C(C)C. The summed E-state index contributed by atoms with van der Waals surface area (Å²) in [6.45, 7) is 12.8. The standard InChI is InChI=1S/C16H30N2O2S/c1-10(2)12-14(19)17-13(16(4,5)6)15(20)18(12)8-11(3)9-21-7/h10-13H,8-9H2,1-7H3,(H,17,19). The van der Waals surface area contributed by atoms with Crippen LogP contribution in [0.15, 0.2) is 0 Å². The number of piperazine rings is 1. The van der Waals surface area contributed by atoms with Crippen molar-refractivity contribution in [2.75, 3.05) is 18.6 Å². The van der Waals surface area contributed by atoms with E-state index < -0.39 is 6.04 Å². The minimum absolute atomic E-state index is 0.0131. The predicted molar refractivity (Wildman–Crippen MR) is 89.3 cm³/mol. The first kappa shape index (κ1) is 18.3. The van der Waals surface area contributed by atoms with Crippen LogP contribution in [0.2, 0.25) is 0 Å². The Kier molecular flexibility index (Phi) is 6.14. The van der Waals surface area contributed by atoms with Gasteiger partial charge in [-0.15, -0.1) is 0 Å². The summed E-state index contributed by atoms with van der Waals surface area (Å²) in [5.41, 5.74) is -0.268.